The Hall–Kier alpha value is -0.650. The maximum absolute atomic E-state index is 11.7. The van der Waals surface area contributed by atoms with Crippen LogP contribution in [0.5, 0.6) is 0 Å². The number of carbonyl (C=O) groups is 1. The largest absolute Gasteiger partial charge is 0.356 e. The number of nitrogens with one attached hydrogen (secondary N) is 1. The summed E-state index contributed by atoms with van der Waals surface area (Å²) >= 11 is 0. The van der Waals surface area contributed by atoms with Crippen molar-refractivity contribution >= 4 is 5.91 Å². The number of rotatable bonds is 7. The van der Waals surface area contributed by atoms with E-state index in [1.165, 1.54) is 12.8 Å². The van der Waals surface area contributed by atoms with Gasteiger partial charge >= 0.3 is 0 Å². The molecule has 112 valence electrons. The monoisotopic (exact) mass is 270 g/mol. The molecule has 19 heavy (non-hydrogen) atoms. The molecule has 1 amide bonds. The van der Waals surface area contributed by atoms with E-state index in [0.29, 0.717) is 12.5 Å². The minimum Gasteiger partial charge on any atom is -0.356 e. The molecule has 1 rings (SSSR count). The quantitative estimate of drug-likeness (QED) is 0.682. The Morgan fingerprint density at radius 3 is 2.58 bits per heavy atom. The lowest BCUT2D eigenvalue weighted by molar-refractivity contribution is -0.124. The van der Waals surface area contributed by atoms with Crippen LogP contribution < -0.4 is 11.1 Å². The first-order valence-electron chi connectivity index (χ1n) is 7.37. The second kappa shape index (κ2) is 8.51. The molecule has 0 radical (unpaired) electrons. The predicted molar refractivity (Wildman–Crippen MR) is 78.9 cm³/mol. The number of nitrogens with zero attached hydrogens (tertiary/aromatic N) is 2. The van der Waals surface area contributed by atoms with Crippen LogP contribution in [0.3, 0.4) is 0 Å². The van der Waals surface area contributed by atoms with Gasteiger partial charge in [0.2, 0.25) is 5.91 Å². The van der Waals surface area contributed by atoms with Gasteiger partial charge in [0.25, 0.3) is 0 Å². The molecule has 0 saturated carbocycles. The second-order valence-corrected chi connectivity index (χ2v) is 5.97. The minimum atomic E-state index is -0.0693. The van der Waals surface area contributed by atoms with Gasteiger partial charge in [0.05, 0.1) is 0 Å². The highest BCUT2D eigenvalue weighted by atomic mass is 16.1. The summed E-state index contributed by atoms with van der Waals surface area (Å²) < 4.78 is 0. The number of amides is 1. The van der Waals surface area contributed by atoms with Gasteiger partial charge in [0.1, 0.15) is 0 Å². The summed E-state index contributed by atoms with van der Waals surface area (Å²) in [6.45, 7) is 7.69. The van der Waals surface area contributed by atoms with Gasteiger partial charge < -0.3 is 20.9 Å². The summed E-state index contributed by atoms with van der Waals surface area (Å²) in [4.78, 5) is 16.4. The van der Waals surface area contributed by atoms with E-state index in [0.717, 1.165) is 32.7 Å². The first-order valence-corrected chi connectivity index (χ1v) is 7.37. The zero-order valence-electron chi connectivity index (χ0n) is 12.7. The molecule has 1 saturated heterocycles. The van der Waals surface area contributed by atoms with Crippen LogP contribution in [0.1, 0.15) is 19.8 Å². The summed E-state index contributed by atoms with van der Waals surface area (Å²) in [7, 11) is 4.22. The van der Waals surface area contributed by atoms with E-state index in [4.69, 9.17) is 5.73 Å². The van der Waals surface area contributed by atoms with E-state index in [9.17, 15) is 4.79 Å². The number of nitrogens with two attached hydrogens (primary N) is 1. The third kappa shape index (κ3) is 6.36. The van der Waals surface area contributed by atoms with Crippen LogP contribution in [0, 0.1) is 11.8 Å². The SMILES string of the molecule is CC(CN)C(=O)NCC1CCN(CCN(C)C)CC1. The molecule has 0 aromatic rings. The van der Waals surface area contributed by atoms with Gasteiger partial charge in [-0.1, -0.05) is 6.92 Å². The molecule has 0 aromatic carbocycles. The van der Waals surface area contributed by atoms with Crippen LogP contribution in [-0.2, 0) is 4.79 Å². The van der Waals surface area contributed by atoms with Gasteiger partial charge in [0.15, 0.2) is 0 Å². The van der Waals surface area contributed by atoms with Crippen LogP contribution in [0.2, 0.25) is 0 Å². The first-order chi connectivity index (χ1) is 9.02. The molecule has 0 spiro atoms. The average Bonchev–Trinajstić information content (AvgIpc) is 2.42. The molecular formula is C14H30N4O. The van der Waals surface area contributed by atoms with Gasteiger partial charge in [-0.15, -0.1) is 0 Å². The Labute approximate surface area is 117 Å². The van der Waals surface area contributed by atoms with E-state index in [1.807, 2.05) is 6.92 Å². The topological polar surface area (TPSA) is 61.6 Å². The zero-order valence-corrected chi connectivity index (χ0v) is 12.7. The molecule has 3 N–H and O–H groups in total. The highest BCUT2D eigenvalue weighted by Crippen LogP contribution is 2.16. The molecule has 1 aliphatic rings. The van der Waals surface area contributed by atoms with Gasteiger partial charge in [-0.25, -0.2) is 0 Å². The Kier molecular flexibility index (Phi) is 7.34. The van der Waals surface area contributed by atoms with Crippen LogP contribution in [0.25, 0.3) is 0 Å². The normalized spacial score (nSPS) is 19.6. The summed E-state index contributed by atoms with van der Waals surface area (Å²) in [6.07, 6.45) is 2.37. The number of carbonyl (C=O) groups excluding carboxylic acids is 1. The fraction of sp³-hybridized carbons (Fsp3) is 0.929. The van der Waals surface area contributed by atoms with Crippen molar-refractivity contribution in [3.05, 3.63) is 0 Å². The van der Waals surface area contributed by atoms with E-state index in [2.05, 4.69) is 29.2 Å². The highest BCUT2D eigenvalue weighted by molar-refractivity contribution is 5.78. The molecular weight excluding hydrogens is 240 g/mol. The Balaban J connectivity index is 2.14. The van der Waals surface area contributed by atoms with Crippen molar-refractivity contribution in [2.24, 2.45) is 17.6 Å². The maximum atomic E-state index is 11.7. The third-order valence-electron chi connectivity index (χ3n) is 3.94. The molecule has 0 bridgehead atoms. The van der Waals surface area contributed by atoms with E-state index < -0.39 is 0 Å². The lowest BCUT2D eigenvalue weighted by atomic mass is 9.96. The van der Waals surface area contributed by atoms with Crippen LogP contribution >= 0.6 is 0 Å². The van der Waals surface area contributed by atoms with Crippen molar-refractivity contribution in [1.82, 2.24) is 15.1 Å². The molecule has 1 heterocycles. The summed E-state index contributed by atoms with van der Waals surface area (Å²) in [5.41, 5.74) is 5.49. The lowest BCUT2D eigenvalue weighted by Crippen LogP contribution is -2.42. The summed E-state index contributed by atoms with van der Waals surface area (Å²) in [5, 5.41) is 3.02. The number of likely N-dealkylation sites (N-methyl/N-ethyl adjacent to an activating group) is 1. The minimum absolute atomic E-state index is 0.0693. The Morgan fingerprint density at radius 2 is 2.05 bits per heavy atom. The van der Waals surface area contributed by atoms with E-state index in [-0.39, 0.29) is 11.8 Å². The second-order valence-electron chi connectivity index (χ2n) is 5.97. The maximum Gasteiger partial charge on any atom is 0.224 e. The predicted octanol–water partition coefficient (Wildman–Crippen LogP) is -0.0290. The fourth-order valence-corrected chi connectivity index (χ4v) is 2.28. The van der Waals surface area contributed by atoms with Crippen molar-refractivity contribution in [3.8, 4) is 0 Å². The molecule has 1 fully saturated rings. The van der Waals surface area contributed by atoms with Crippen molar-refractivity contribution in [2.45, 2.75) is 19.8 Å². The first kappa shape index (κ1) is 16.4. The molecule has 5 nitrogen and oxygen atoms in total. The number of hydrogen-bond donors (Lipinski definition) is 2. The Morgan fingerprint density at radius 1 is 1.42 bits per heavy atom. The van der Waals surface area contributed by atoms with Crippen molar-refractivity contribution in [2.75, 3.05) is 53.4 Å². The van der Waals surface area contributed by atoms with Gasteiger partial charge in [-0.2, -0.15) is 0 Å². The van der Waals surface area contributed by atoms with Crippen molar-refractivity contribution in [1.29, 1.82) is 0 Å². The van der Waals surface area contributed by atoms with Crippen molar-refractivity contribution < 1.29 is 4.79 Å². The molecule has 0 aromatic heterocycles. The van der Waals surface area contributed by atoms with E-state index >= 15 is 0 Å². The van der Waals surface area contributed by atoms with Crippen LogP contribution in [0.4, 0.5) is 0 Å². The zero-order chi connectivity index (χ0) is 14.3. The molecule has 5 heteroatoms. The van der Waals surface area contributed by atoms with Crippen molar-refractivity contribution in [3.63, 3.8) is 0 Å². The summed E-state index contributed by atoms with van der Waals surface area (Å²) in [5.74, 6) is 0.655. The number of likely N-dealkylation sites (tertiary alicyclic amines) is 1. The van der Waals surface area contributed by atoms with Gasteiger partial charge in [0, 0.05) is 32.1 Å². The van der Waals surface area contributed by atoms with Crippen LogP contribution in [-0.4, -0.2) is 69.1 Å². The number of hydrogen-bond acceptors (Lipinski definition) is 4. The van der Waals surface area contributed by atoms with Crippen LogP contribution in [0.15, 0.2) is 0 Å². The molecule has 1 atom stereocenters. The van der Waals surface area contributed by atoms with Gasteiger partial charge in [-0.3, -0.25) is 4.79 Å². The summed E-state index contributed by atoms with van der Waals surface area (Å²) in [6, 6.07) is 0. The lowest BCUT2D eigenvalue weighted by Gasteiger charge is -2.32. The van der Waals surface area contributed by atoms with Gasteiger partial charge in [-0.05, 0) is 45.9 Å². The highest BCUT2D eigenvalue weighted by Gasteiger charge is 2.20. The smallest absolute Gasteiger partial charge is 0.224 e. The Bertz CT molecular complexity index is 262. The fourth-order valence-electron chi connectivity index (χ4n) is 2.28. The molecule has 1 aliphatic heterocycles. The molecule has 1 unspecified atom stereocenters. The average molecular weight is 270 g/mol. The third-order valence-corrected chi connectivity index (χ3v) is 3.94. The van der Waals surface area contributed by atoms with E-state index in [1.54, 1.807) is 0 Å². The molecule has 0 aliphatic carbocycles. The standard InChI is InChI=1S/C14H30N4O/c1-12(10-15)14(19)16-11-13-4-6-18(7-5-13)9-8-17(2)3/h12-13H,4-11,15H2,1-3H3,(H,16,19). The number of piperidine rings is 1.